The molecule has 0 radical (unpaired) electrons. The van der Waals surface area contributed by atoms with Crippen molar-refractivity contribution in [1.82, 2.24) is 44.6 Å². The van der Waals surface area contributed by atoms with E-state index >= 15 is 0 Å². The van der Waals surface area contributed by atoms with Crippen LogP contribution >= 0.6 is 0 Å². The third-order valence-corrected chi connectivity index (χ3v) is 12.3. The van der Waals surface area contributed by atoms with Crippen LogP contribution in [0.25, 0.3) is 0 Å². The molecule has 6 aromatic heterocycles. The van der Waals surface area contributed by atoms with Crippen molar-refractivity contribution in [1.29, 1.82) is 0 Å². The normalized spacial score (nSPS) is 11.5. The predicted octanol–water partition coefficient (Wildman–Crippen LogP) is 8.84. The van der Waals surface area contributed by atoms with Gasteiger partial charge >= 0.3 is 0 Å². The van der Waals surface area contributed by atoms with Crippen LogP contribution in [0.5, 0.6) is 0 Å². The highest BCUT2D eigenvalue weighted by Gasteiger charge is 2.23. The first-order valence-corrected chi connectivity index (χ1v) is 22.7. The molecule has 0 saturated carbocycles. The Kier molecular flexibility index (Phi) is 17.2. The van der Waals surface area contributed by atoms with E-state index in [1.54, 1.807) is 0 Å². The Hall–Kier alpha value is -6.00. The molecule has 63 heavy (non-hydrogen) atoms. The van der Waals surface area contributed by atoms with Gasteiger partial charge in [0, 0.05) is 169 Å². The topological polar surface area (TPSA) is 87.1 Å². The largest absolute Gasteiger partial charge is 0.298 e. The van der Waals surface area contributed by atoms with Crippen LogP contribution < -0.4 is 0 Å². The van der Waals surface area contributed by atoms with Gasteiger partial charge in [0.05, 0.1) is 0 Å². The number of hydrogen-bond donors (Lipinski definition) is 0. The average molecular weight is 838 g/mol. The van der Waals surface area contributed by atoms with Crippen molar-refractivity contribution in [3.05, 3.63) is 214 Å². The van der Waals surface area contributed by atoms with Crippen molar-refractivity contribution < 1.29 is 0 Å². The Morgan fingerprint density at radius 2 is 0.476 bits per heavy atom. The maximum Gasteiger partial charge on any atom is 0.0416 e. The molecule has 0 aliphatic rings. The third-order valence-electron chi connectivity index (χ3n) is 12.3. The minimum atomic E-state index is 0.849. The van der Waals surface area contributed by atoms with Gasteiger partial charge in [-0.3, -0.25) is 44.6 Å². The van der Waals surface area contributed by atoms with Gasteiger partial charge in [0.2, 0.25) is 0 Å². The van der Waals surface area contributed by atoms with E-state index < -0.39 is 0 Å². The van der Waals surface area contributed by atoms with Gasteiger partial charge in [-0.15, -0.1) is 0 Å². The molecule has 7 rings (SSSR count). The zero-order chi connectivity index (χ0) is 43.5. The lowest BCUT2D eigenvalue weighted by Gasteiger charge is -2.32. The number of benzene rings is 1. The van der Waals surface area contributed by atoms with Crippen molar-refractivity contribution >= 4 is 0 Å². The molecule has 0 spiro atoms. The Morgan fingerprint density at radius 1 is 0.286 bits per heavy atom. The summed E-state index contributed by atoms with van der Waals surface area (Å²) in [4.78, 5) is 36.1. The van der Waals surface area contributed by atoms with Gasteiger partial charge in [0.1, 0.15) is 0 Å². The lowest BCUT2D eigenvalue weighted by molar-refractivity contribution is 0.259. The molecule has 0 fully saturated rings. The van der Waals surface area contributed by atoms with Crippen LogP contribution in [0.1, 0.15) is 67.5 Å². The first-order chi connectivity index (χ1) is 31.0. The van der Waals surface area contributed by atoms with Gasteiger partial charge in [-0.1, -0.05) is 36.4 Å². The highest BCUT2D eigenvalue weighted by atomic mass is 15.1. The van der Waals surface area contributed by atoms with E-state index in [0.717, 1.165) is 132 Å². The van der Waals surface area contributed by atoms with Crippen molar-refractivity contribution in [3.8, 4) is 0 Å². The van der Waals surface area contributed by atoms with Crippen LogP contribution in [-0.4, -0.2) is 83.9 Å². The third kappa shape index (κ3) is 14.0. The fourth-order valence-electron chi connectivity index (χ4n) is 8.49. The Bertz CT molecular complexity index is 1950. The van der Waals surface area contributed by atoms with Gasteiger partial charge < -0.3 is 0 Å². The Balaban J connectivity index is 1.25. The minimum absolute atomic E-state index is 0.849. The number of hydrogen-bond acceptors (Lipinski definition) is 9. The molecule has 9 heteroatoms. The second kappa shape index (κ2) is 24.0. The van der Waals surface area contributed by atoms with Crippen LogP contribution in [0.15, 0.2) is 146 Å². The van der Waals surface area contributed by atoms with Crippen molar-refractivity contribution in [2.24, 2.45) is 0 Å². The second-order valence-electron chi connectivity index (χ2n) is 16.6. The zero-order valence-electron chi connectivity index (χ0n) is 37.5. The molecule has 1 aromatic carbocycles. The summed E-state index contributed by atoms with van der Waals surface area (Å²) in [6.07, 6.45) is 16.7. The van der Waals surface area contributed by atoms with Gasteiger partial charge in [-0.25, -0.2) is 0 Å². The quantitative estimate of drug-likeness (QED) is 0.0593. The smallest absolute Gasteiger partial charge is 0.0416 e. The highest BCUT2D eigenvalue weighted by molar-refractivity contribution is 5.51. The number of rotatable bonds is 24. The second-order valence-corrected chi connectivity index (χ2v) is 16.6. The van der Waals surface area contributed by atoms with Crippen LogP contribution in [-0.2, 0) is 58.2 Å². The van der Waals surface area contributed by atoms with E-state index in [2.05, 4.69) is 108 Å². The first kappa shape index (κ1) is 45.0. The van der Waals surface area contributed by atoms with E-state index in [9.17, 15) is 0 Å². The summed E-state index contributed by atoms with van der Waals surface area (Å²) in [5.74, 6) is 0. The van der Waals surface area contributed by atoms with Crippen LogP contribution in [0, 0.1) is 20.8 Å². The standard InChI is InChI=1S/C54H63N9/c1-43-52(40-61(34-22-46-16-4-10-28-55-46)35-23-47-17-5-11-29-56-47)44(2)54(42-63(38-26-50-20-8-14-32-59-50)39-27-51-21-9-15-33-60-51)45(3)53(43)41-62(36-24-48-18-6-12-30-57-48)37-25-49-19-7-13-31-58-49/h4-21,28-33H,22-27,34-42H2,1-3H3. The van der Waals surface area contributed by atoms with E-state index in [-0.39, 0.29) is 0 Å². The van der Waals surface area contributed by atoms with E-state index in [4.69, 9.17) is 29.9 Å². The molecule has 0 bridgehead atoms. The van der Waals surface area contributed by atoms with Crippen molar-refractivity contribution in [2.45, 2.75) is 78.9 Å². The van der Waals surface area contributed by atoms with Gasteiger partial charge in [-0.05, 0) is 127 Å². The Labute approximate surface area is 375 Å². The Morgan fingerprint density at radius 3 is 0.635 bits per heavy atom. The molecule has 0 saturated heterocycles. The zero-order valence-corrected chi connectivity index (χ0v) is 37.5. The van der Waals surface area contributed by atoms with Crippen molar-refractivity contribution in [2.75, 3.05) is 39.3 Å². The van der Waals surface area contributed by atoms with Gasteiger partial charge in [0.15, 0.2) is 0 Å². The predicted molar refractivity (Wildman–Crippen MR) is 254 cm³/mol. The summed E-state index contributed by atoms with van der Waals surface area (Å²) >= 11 is 0. The SMILES string of the molecule is Cc1c(CN(CCc2ccccn2)CCc2ccccn2)c(C)c(CN(CCc2ccccn2)CCc2ccccn2)c(C)c1CN(CCc1ccccn1)CCc1ccccn1. The molecule has 324 valence electrons. The number of pyridine rings is 6. The average Bonchev–Trinajstić information content (AvgIpc) is 3.34. The monoisotopic (exact) mass is 838 g/mol. The molecule has 0 aliphatic carbocycles. The van der Waals surface area contributed by atoms with E-state index in [1.165, 1.54) is 33.4 Å². The van der Waals surface area contributed by atoms with Crippen LogP contribution in [0.3, 0.4) is 0 Å². The molecule has 0 aliphatic heterocycles. The molecule has 9 nitrogen and oxygen atoms in total. The summed E-state index contributed by atoms with van der Waals surface area (Å²) in [6.45, 7) is 15.1. The van der Waals surface area contributed by atoms with Gasteiger partial charge in [-0.2, -0.15) is 0 Å². The molecular weight excluding hydrogens is 775 g/mol. The summed E-state index contributed by atoms with van der Waals surface area (Å²) in [5, 5.41) is 0. The number of nitrogens with zero attached hydrogens (tertiary/aromatic N) is 9. The lowest BCUT2D eigenvalue weighted by Crippen LogP contribution is -2.33. The molecule has 7 aromatic rings. The molecule has 0 N–H and O–H groups in total. The first-order valence-electron chi connectivity index (χ1n) is 22.7. The van der Waals surface area contributed by atoms with E-state index in [0.29, 0.717) is 0 Å². The minimum Gasteiger partial charge on any atom is -0.298 e. The number of aromatic nitrogens is 6. The summed E-state index contributed by atoms with van der Waals surface area (Å²) in [5.41, 5.74) is 15.2. The molecule has 6 heterocycles. The lowest BCUT2D eigenvalue weighted by atomic mass is 9.87. The summed E-state index contributed by atoms with van der Waals surface area (Å²) < 4.78 is 0. The molecule has 0 atom stereocenters. The van der Waals surface area contributed by atoms with Crippen LogP contribution in [0.4, 0.5) is 0 Å². The summed E-state index contributed by atoms with van der Waals surface area (Å²) in [6, 6.07) is 37.4. The van der Waals surface area contributed by atoms with Crippen molar-refractivity contribution in [3.63, 3.8) is 0 Å². The molecule has 0 unspecified atom stereocenters. The fourth-order valence-corrected chi connectivity index (χ4v) is 8.49. The maximum atomic E-state index is 4.71. The summed E-state index contributed by atoms with van der Waals surface area (Å²) in [7, 11) is 0. The van der Waals surface area contributed by atoms with Crippen LogP contribution in [0.2, 0.25) is 0 Å². The molecular formula is C54H63N9. The fraction of sp³-hybridized carbons (Fsp3) is 0.333. The molecule has 0 amide bonds. The van der Waals surface area contributed by atoms with E-state index in [1.807, 2.05) is 73.6 Å². The van der Waals surface area contributed by atoms with Gasteiger partial charge in [0.25, 0.3) is 0 Å². The maximum absolute atomic E-state index is 4.71. The highest BCUT2D eigenvalue weighted by Crippen LogP contribution is 2.31.